The van der Waals surface area contributed by atoms with Crippen LogP contribution in [0.25, 0.3) is 0 Å². The van der Waals surface area contributed by atoms with Gasteiger partial charge in [0.1, 0.15) is 12.0 Å². The number of hydrogen-bond acceptors (Lipinski definition) is 5. The van der Waals surface area contributed by atoms with Crippen molar-refractivity contribution in [1.29, 1.82) is 0 Å². The third kappa shape index (κ3) is 2.58. The maximum Gasteiger partial charge on any atom is 0.287 e. The molecule has 98 valence electrons. The second-order valence-corrected chi connectivity index (χ2v) is 5.75. The van der Waals surface area contributed by atoms with E-state index in [2.05, 4.69) is 16.4 Å². The highest BCUT2D eigenvalue weighted by molar-refractivity contribution is 7.12. The normalized spacial score (nSPS) is 13.3. The van der Waals surface area contributed by atoms with E-state index < -0.39 is 4.92 Å². The van der Waals surface area contributed by atoms with Gasteiger partial charge >= 0.3 is 0 Å². The van der Waals surface area contributed by atoms with E-state index >= 15 is 0 Å². The summed E-state index contributed by atoms with van der Waals surface area (Å²) in [6, 6.07) is 5.36. The van der Waals surface area contributed by atoms with Gasteiger partial charge in [-0.05, 0) is 37.0 Å². The Bertz CT molecular complexity index is 585. The third-order valence-corrected chi connectivity index (χ3v) is 4.44. The van der Waals surface area contributed by atoms with Crippen LogP contribution in [0.15, 0.2) is 24.4 Å². The van der Waals surface area contributed by atoms with E-state index in [1.807, 2.05) is 11.3 Å². The van der Waals surface area contributed by atoms with E-state index in [1.165, 1.54) is 46.8 Å². The van der Waals surface area contributed by atoms with Gasteiger partial charge in [-0.3, -0.25) is 10.1 Å². The smallest absolute Gasteiger partial charge is 0.287 e. The van der Waals surface area contributed by atoms with Crippen LogP contribution in [0.3, 0.4) is 0 Å². The van der Waals surface area contributed by atoms with Gasteiger partial charge in [-0.2, -0.15) is 0 Å². The molecule has 0 amide bonds. The molecule has 1 aliphatic carbocycles. The number of pyridine rings is 1. The Morgan fingerprint density at radius 3 is 3.00 bits per heavy atom. The van der Waals surface area contributed by atoms with Crippen molar-refractivity contribution in [3.8, 4) is 0 Å². The van der Waals surface area contributed by atoms with Crippen molar-refractivity contribution in [2.45, 2.75) is 25.8 Å². The van der Waals surface area contributed by atoms with Crippen molar-refractivity contribution in [1.82, 2.24) is 4.98 Å². The molecule has 6 heteroatoms. The standard InChI is InChI=1S/C13H13N3O2S/c17-16(18)10-4-5-13(14-7-10)15-8-11-6-9-2-1-3-12(9)19-11/h4-7H,1-3,8H2,(H,14,15). The summed E-state index contributed by atoms with van der Waals surface area (Å²) in [7, 11) is 0. The van der Waals surface area contributed by atoms with Gasteiger partial charge < -0.3 is 5.32 Å². The van der Waals surface area contributed by atoms with E-state index in [0.717, 1.165) is 6.54 Å². The van der Waals surface area contributed by atoms with Gasteiger partial charge in [-0.1, -0.05) is 0 Å². The fourth-order valence-electron chi connectivity index (χ4n) is 2.25. The Hall–Kier alpha value is -1.95. The average molecular weight is 275 g/mol. The first-order valence-corrected chi connectivity index (χ1v) is 6.99. The summed E-state index contributed by atoms with van der Waals surface area (Å²) in [6.45, 7) is 0.725. The molecule has 0 atom stereocenters. The van der Waals surface area contributed by atoms with E-state index in [4.69, 9.17) is 0 Å². The Morgan fingerprint density at radius 2 is 2.32 bits per heavy atom. The number of anilines is 1. The summed E-state index contributed by atoms with van der Waals surface area (Å²) in [6.07, 6.45) is 4.95. The molecule has 0 aromatic carbocycles. The van der Waals surface area contributed by atoms with Crippen LogP contribution in [0.2, 0.25) is 0 Å². The number of nitro groups is 1. The lowest BCUT2D eigenvalue weighted by molar-refractivity contribution is -0.385. The molecule has 3 rings (SSSR count). The third-order valence-electron chi connectivity index (χ3n) is 3.20. The van der Waals surface area contributed by atoms with Gasteiger partial charge in [-0.25, -0.2) is 4.98 Å². The van der Waals surface area contributed by atoms with E-state index in [9.17, 15) is 10.1 Å². The SMILES string of the molecule is O=[N+]([O-])c1ccc(NCc2cc3c(s2)CCC3)nc1. The molecule has 1 aliphatic rings. The molecule has 5 nitrogen and oxygen atoms in total. The zero-order valence-electron chi connectivity index (χ0n) is 10.3. The van der Waals surface area contributed by atoms with Gasteiger partial charge in [0.15, 0.2) is 0 Å². The minimum Gasteiger partial charge on any atom is -0.365 e. The van der Waals surface area contributed by atoms with Gasteiger partial charge in [0, 0.05) is 15.8 Å². The van der Waals surface area contributed by atoms with Crippen LogP contribution in [-0.2, 0) is 19.4 Å². The first-order chi connectivity index (χ1) is 9.22. The molecule has 0 saturated carbocycles. The first-order valence-electron chi connectivity index (χ1n) is 6.17. The van der Waals surface area contributed by atoms with Crippen molar-refractivity contribution in [3.63, 3.8) is 0 Å². The second-order valence-electron chi connectivity index (χ2n) is 4.53. The van der Waals surface area contributed by atoms with Crippen molar-refractivity contribution in [3.05, 3.63) is 49.8 Å². The van der Waals surface area contributed by atoms with Crippen molar-refractivity contribution in [2.24, 2.45) is 0 Å². The van der Waals surface area contributed by atoms with Crippen LogP contribution in [-0.4, -0.2) is 9.91 Å². The number of rotatable bonds is 4. The lowest BCUT2D eigenvalue weighted by Crippen LogP contribution is -2.00. The van der Waals surface area contributed by atoms with Crippen molar-refractivity contribution < 1.29 is 4.92 Å². The molecule has 0 unspecified atom stereocenters. The molecule has 2 heterocycles. The highest BCUT2D eigenvalue weighted by Gasteiger charge is 2.14. The molecule has 0 bridgehead atoms. The maximum atomic E-state index is 10.5. The van der Waals surface area contributed by atoms with Gasteiger partial charge in [0.05, 0.1) is 11.5 Å². The molecule has 1 N–H and O–H groups in total. The van der Waals surface area contributed by atoms with Gasteiger partial charge in [0.2, 0.25) is 0 Å². The number of nitrogens with zero attached hydrogens (tertiary/aromatic N) is 2. The molecular formula is C13H13N3O2S. The number of hydrogen-bond donors (Lipinski definition) is 1. The Morgan fingerprint density at radius 1 is 1.42 bits per heavy atom. The summed E-state index contributed by atoms with van der Waals surface area (Å²) in [5.74, 6) is 0.666. The van der Waals surface area contributed by atoms with Crippen LogP contribution < -0.4 is 5.32 Å². The quantitative estimate of drug-likeness (QED) is 0.687. The molecule has 2 aromatic rings. The van der Waals surface area contributed by atoms with E-state index in [1.54, 1.807) is 6.07 Å². The predicted octanol–water partition coefficient (Wildman–Crippen LogP) is 3.15. The lowest BCUT2D eigenvalue weighted by Gasteiger charge is -2.03. The lowest BCUT2D eigenvalue weighted by atomic mass is 10.2. The molecule has 0 fully saturated rings. The summed E-state index contributed by atoms with van der Waals surface area (Å²) in [4.78, 5) is 16.9. The fourth-order valence-corrected chi connectivity index (χ4v) is 3.45. The molecule has 0 spiro atoms. The second kappa shape index (κ2) is 4.97. The monoisotopic (exact) mass is 275 g/mol. The summed E-state index contributed by atoms with van der Waals surface area (Å²) < 4.78 is 0. The Kier molecular flexibility index (Phi) is 3.16. The van der Waals surface area contributed by atoms with Crippen LogP contribution >= 0.6 is 11.3 Å². The zero-order valence-corrected chi connectivity index (χ0v) is 11.1. The molecule has 0 radical (unpaired) electrons. The molecule has 0 saturated heterocycles. The predicted molar refractivity (Wildman–Crippen MR) is 74.6 cm³/mol. The van der Waals surface area contributed by atoms with Crippen molar-refractivity contribution >= 4 is 22.8 Å². The summed E-state index contributed by atoms with van der Waals surface area (Å²) >= 11 is 1.85. The molecular weight excluding hydrogens is 262 g/mol. The maximum absolute atomic E-state index is 10.5. The summed E-state index contributed by atoms with van der Waals surface area (Å²) in [5.41, 5.74) is 1.50. The van der Waals surface area contributed by atoms with E-state index in [0.29, 0.717) is 5.82 Å². The topological polar surface area (TPSA) is 68.1 Å². The minimum atomic E-state index is -0.444. The van der Waals surface area contributed by atoms with E-state index in [-0.39, 0.29) is 5.69 Å². The molecule has 19 heavy (non-hydrogen) atoms. The van der Waals surface area contributed by atoms with Gasteiger partial charge in [-0.15, -0.1) is 11.3 Å². The van der Waals surface area contributed by atoms with Crippen LogP contribution in [0.5, 0.6) is 0 Å². The first kappa shape index (κ1) is 12.1. The number of aromatic nitrogens is 1. The highest BCUT2D eigenvalue weighted by atomic mass is 32.1. The molecule has 2 aromatic heterocycles. The Balaban J connectivity index is 1.63. The van der Waals surface area contributed by atoms with Crippen molar-refractivity contribution in [2.75, 3.05) is 5.32 Å². The Labute approximate surface area is 114 Å². The molecule has 0 aliphatic heterocycles. The minimum absolute atomic E-state index is 0.0145. The van der Waals surface area contributed by atoms with Crippen LogP contribution in [0, 0.1) is 10.1 Å². The number of fused-ring (bicyclic) bond motifs is 1. The number of thiophene rings is 1. The highest BCUT2D eigenvalue weighted by Crippen LogP contribution is 2.30. The number of aryl methyl sites for hydroxylation is 2. The van der Waals surface area contributed by atoms with Crippen LogP contribution in [0.1, 0.15) is 21.7 Å². The summed E-state index contributed by atoms with van der Waals surface area (Å²) in [5, 5.41) is 13.7. The van der Waals surface area contributed by atoms with Gasteiger partial charge in [0.25, 0.3) is 5.69 Å². The number of nitrogens with one attached hydrogen (secondary N) is 1. The van der Waals surface area contributed by atoms with Crippen LogP contribution in [0.4, 0.5) is 11.5 Å². The largest absolute Gasteiger partial charge is 0.365 e. The average Bonchev–Trinajstić information content (AvgIpc) is 2.97. The fraction of sp³-hybridized carbons (Fsp3) is 0.308. The zero-order chi connectivity index (χ0) is 13.2.